The zero-order valence-electron chi connectivity index (χ0n) is 13.7. The van der Waals surface area contributed by atoms with Crippen LogP contribution in [0.4, 0.5) is 0 Å². The molecule has 2 aliphatic rings. The average molecular weight is 306 g/mol. The molecule has 1 saturated carbocycles. The van der Waals surface area contributed by atoms with Gasteiger partial charge in [-0.1, -0.05) is 0 Å². The van der Waals surface area contributed by atoms with E-state index >= 15 is 0 Å². The Morgan fingerprint density at radius 3 is 2.59 bits per heavy atom. The van der Waals surface area contributed by atoms with E-state index in [1.54, 1.807) is 0 Å². The fourth-order valence-corrected chi connectivity index (χ4v) is 3.46. The quantitative estimate of drug-likeness (QED) is 0.847. The van der Waals surface area contributed by atoms with Crippen LogP contribution in [0, 0.1) is 5.92 Å². The van der Waals surface area contributed by atoms with Crippen molar-refractivity contribution in [1.82, 2.24) is 30.4 Å². The molecule has 3 unspecified atom stereocenters. The van der Waals surface area contributed by atoms with Crippen molar-refractivity contribution >= 4 is 5.91 Å². The molecule has 0 bridgehead atoms. The lowest BCUT2D eigenvalue weighted by atomic mass is 10.2. The van der Waals surface area contributed by atoms with Gasteiger partial charge in [0, 0.05) is 18.6 Å². The summed E-state index contributed by atoms with van der Waals surface area (Å²) in [4.78, 5) is 14.7. The van der Waals surface area contributed by atoms with Crippen LogP contribution in [-0.4, -0.2) is 49.1 Å². The Labute approximate surface area is 131 Å². The molecule has 7 heteroatoms. The SMILES string of the molecule is CC1CCC(C)N1C(C)C(=O)NCc1nnnn1CC1CC1. The van der Waals surface area contributed by atoms with E-state index in [1.807, 2.05) is 11.6 Å². The highest BCUT2D eigenvalue weighted by Crippen LogP contribution is 2.30. The largest absolute Gasteiger partial charge is 0.347 e. The van der Waals surface area contributed by atoms with Crippen LogP contribution in [0.2, 0.25) is 0 Å². The molecule has 0 spiro atoms. The zero-order valence-corrected chi connectivity index (χ0v) is 13.7. The maximum absolute atomic E-state index is 12.4. The molecular formula is C15H26N6O. The Morgan fingerprint density at radius 1 is 1.27 bits per heavy atom. The molecular weight excluding hydrogens is 280 g/mol. The summed E-state index contributed by atoms with van der Waals surface area (Å²) in [5.41, 5.74) is 0. The van der Waals surface area contributed by atoms with Crippen LogP contribution in [-0.2, 0) is 17.9 Å². The van der Waals surface area contributed by atoms with Gasteiger partial charge >= 0.3 is 0 Å². The molecule has 1 aliphatic carbocycles. The number of rotatable bonds is 6. The van der Waals surface area contributed by atoms with E-state index in [0.29, 0.717) is 24.5 Å². The van der Waals surface area contributed by atoms with Crippen LogP contribution < -0.4 is 5.32 Å². The third-order valence-corrected chi connectivity index (χ3v) is 5.00. The summed E-state index contributed by atoms with van der Waals surface area (Å²) >= 11 is 0. The van der Waals surface area contributed by atoms with Crippen LogP contribution in [0.25, 0.3) is 0 Å². The predicted molar refractivity (Wildman–Crippen MR) is 81.8 cm³/mol. The molecule has 1 aromatic heterocycles. The van der Waals surface area contributed by atoms with E-state index in [0.717, 1.165) is 12.4 Å². The summed E-state index contributed by atoms with van der Waals surface area (Å²) in [6, 6.07) is 0.826. The monoisotopic (exact) mass is 306 g/mol. The highest BCUT2D eigenvalue weighted by atomic mass is 16.2. The van der Waals surface area contributed by atoms with Gasteiger partial charge in [-0.25, -0.2) is 4.68 Å². The number of carbonyl (C=O) groups excluding carboxylic acids is 1. The summed E-state index contributed by atoms with van der Waals surface area (Å²) < 4.78 is 1.82. The van der Waals surface area contributed by atoms with Gasteiger partial charge in [-0.05, 0) is 62.8 Å². The van der Waals surface area contributed by atoms with E-state index in [-0.39, 0.29) is 11.9 Å². The number of nitrogens with one attached hydrogen (secondary N) is 1. The molecule has 1 aliphatic heterocycles. The van der Waals surface area contributed by atoms with Crippen LogP contribution in [0.5, 0.6) is 0 Å². The van der Waals surface area contributed by atoms with Gasteiger partial charge in [-0.3, -0.25) is 9.69 Å². The fourth-order valence-electron chi connectivity index (χ4n) is 3.46. The summed E-state index contributed by atoms with van der Waals surface area (Å²) in [6.45, 7) is 7.65. The second-order valence-corrected chi connectivity index (χ2v) is 6.84. The lowest BCUT2D eigenvalue weighted by Gasteiger charge is -2.31. The molecule has 3 atom stereocenters. The summed E-state index contributed by atoms with van der Waals surface area (Å²) in [7, 11) is 0. The molecule has 1 N–H and O–H groups in total. The number of hydrogen-bond acceptors (Lipinski definition) is 5. The van der Waals surface area contributed by atoms with Crippen molar-refractivity contribution in [3.8, 4) is 0 Å². The van der Waals surface area contributed by atoms with Crippen molar-refractivity contribution in [2.45, 2.75) is 77.7 Å². The molecule has 1 aromatic rings. The molecule has 3 rings (SSSR count). The fraction of sp³-hybridized carbons (Fsp3) is 0.867. The van der Waals surface area contributed by atoms with Crippen molar-refractivity contribution in [3.05, 3.63) is 5.82 Å². The first-order valence-corrected chi connectivity index (χ1v) is 8.36. The third kappa shape index (κ3) is 3.29. The normalized spacial score (nSPS) is 27.0. The van der Waals surface area contributed by atoms with Gasteiger partial charge in [0.15, 0.2) is 5.82 Å². The van der Waals surface area contributed by atoms with Gasteiger partial charge in [0.2, 0.25) is 5.91 Å². The van der Waals surface area contributed by atoms with Crippen molar-refractivity contribution in [2.75, 3.05) is 0 Å². The molecule has 0 radical (unpaired) electrons. The molecule has 7 nitrogen and oxygen atoms in total. The van der Waals surface area contributed by atoms with Crippen molar-refractivity contribution < 1.29 is 4.79 Å². The molecule has 22 heavy (non-hydrogen) atoms. The Kier molecular flexibility index (Phi) is 4.42. The second kappa shape index (κ2) is 6.32. The second-order valence-electron chi connectivity index (χ2n) is 6.84. The Hall–Kier alpha value is -1.50. The smallest absolute Gasteiger partial charge is 0.237 e. The molecule has 0 aromatic carbocycles. The number of carbonyl (C=O) groups is 1. The minimum Gasteiger partial charge on any atom is -0.347 e. The summed E-state index contributed by atoms with van der Waals surface area (Å²) in [5, 5.41) is 14.8. The van der Waals surface area contributed by atoms with Crippen molar-refractivity contribution in [3.63, 3.8) is 0 Å². The van der Waals surface area contributed by atoms with Crippen LogP contribution in [0.1, 0.15) is 52.3 Å². The molecule has 1 amide bonds. The molecule has 2 fully saturated rings. The minimum absolute atomic E-state index is 0.0570. The number of likely N-dealkylation sites (tertiary alicyclic amines) is 1. The van der Waals surface area contributed by atoms with E-state index in [2.05, 4.69) is 39.6 Å². The number of amides is 1. The van der Waals surface area contributed by atoms with Gasteiger partial charge < -0.3 is 5.32 Å². The topological polar surface area (TPSA) is 75.9 Å². The summed E-state index contributed by atoms with van der Waals surface area (Å²) in [6.07, 6.45) is 4.84. The van der Waals surface area contributed by atoms with Gasteiger partial charge in [0.1, 0.15) is 0 Å². The van der Waals surface area contributed by atoms with Crippen molar-refractivity contribution in [1.29, 1.82) is 0 Å². The number of tetrazole rings is 1. The maximum atomic E-state index is 12.4. The van der Waals surface area contributed by atoms with Crippen LogP contribution >= 0.6 is 0 Å². The molecule has 122 valence electrons. The Morgan fingerprint density at radius 2 is 1.95 bits per heavy atom. The van der Waals surface area contributed by atoms with Crippen molar-refractivity contribution in [2.24, 2.45) is 5.92 Å². The van der Waals surface area contributed by atoms with E-state index in [4.69, 9.17) is 0 Å². The Balaban J connectivity index is 1.54. The number of hydrogen-bond donors (Lipinski definition) is 1. The third-order valence-electron chi connectivity index (χ3n) is 5.00. The first-order chi connectivity index (χ1) is 10.6. The lowest BCUT2D eigenvalue weighted by Crippen LogP contribution is -2.49. The lowest BCUT2D eigenvalue weighted by molar-refractivity contribution is -0.127. The maximum Gasteiger partial charge on any atom is 0.237 e. The Bertz CT molecular complexity index is 516. The highest BCUT2D eigenvalue weighted by molar-refractivity contribution is 5.81. The van der Waals surface area contributed by atoms with Gasteiger partial charge in [-0.15, -0.1) is 5.10 Å². The first kappa shape index (κ1) is 15.4. The number of nitrogens with zero attached hydrogens (tertiary/aromatic N) is 5. The zero-order chi connectivity index (χ0) is 15.7. The van der Waals surface area contributed by atoms with Gasteiger partial charge in [-0.2, -0.15) is 0 Å². The van der Waals surface area contributed by atoms with Crippen LogP contribution in [0.3, 0.4) is 0 Å². The highest BCUT2D eigenvalue weighted by Gasteiger charge is 2.34. The molecule has 2 heterocycles. The van der Waals surface area contributed by atoms with E-state index < -0.39 is 0 Å². The standard InChI is InChI=1S/C15H26N6O/c1-10-4-5-11(2)21(10)12(3)15(22)16-8-14-17-18-19-20(14)9-13-6-7-13/h10-13H,4-9H2,1-3H3,(H,16,22). The van der Waals surface area contributed by atoms with E-state index in [9.17, 15) is 4.79 Å². The average Bonchev–Trinajstić information content (AvgIpc) is 3.10. The minimum atomic E-state index is -0.111. The van der Waals surface area contributed by atoms with Gasteiger partial charge in [0.25, 0.3) is 0 Å². The molecule has 1 saturated heterocycles. The summed E-state index contributed by atoms with van der Waals surface area (Å²) in [5.74, 6) is 1.51. The van der Waals surface area contributed by atoms with E-state index in [1.165, 1.54) is 25.7 Å². The number of aromatic nitrogens is 4. The van der Waals surface area contributed by atoms with Crippen LogP contribution in [0.15, 0.2) is 0 Å². The van der Waals surface area contributed by atoms with Gasteiger partial charge in [0.05, 0.1) is 12.6 Å². The predicted octanol–water partition coefficient (Wildman–Crippen LogP) is 0.961. The first-order valence-electron chi connectivity index (χ1n) is 8.36.